The maximum Gasteiger partial charge on any atom is 0.251 e. The highest BCUT2D eigenvalue weighted by Crippen LogP contribution is 2.21. The number of benzene rings is 1. The van der Waals surface area contributed by atoms with Gasteiger partial charge in [0.1, 0.15) is 0 Å². The fraction of sp³-hybridized carbons (Fsp3) is 0.417. The molecule has 1 saturated heterocycles. The van der Waals surface area contributed by atoms with Crippen LogP contribution in [0.3, 0.4) is 0 Å². The van der Waals surface area contributed by atoms with Gasteiger partial charge in [-0.1, -0.05) is 31.9 Å². The highest BCUT2D eigenvalue weighted by Gasteiger charge is 2.17. The van der Waals surface area contributed by atoms with Crippen LogP contribution in [0.25, 0.3) is 0 Å². The lowest BCUT2D eigenvalue weighted by Crippen LogP contribution is -2.37. The van der Waals surface area contributed by atoms with Gasteiger partial charge in [-0.25, -0.2) is 0 Å². The van der Waals surface area contributed by atoms with E-state index in [-0.39, 0.29) is 5.91 Å². The Balaban J connectivity index is 2.03. The number of hydrogen-bond donors (Lipinski definition) is 1. The van der Waals surface area contributed by atoms with Crippen LogP contribution in [-0.4, -0.2) is 23.5 Å². The summed E-state index contributed by atoms with van der Waals surface area (Å²) in [5, 5.41) is 3.10. The van der Waals surface area contributed by atoms with Crippen LogP contribution in [0.15, 0.2) is 27.1 Å². The van der Waals surface area contributed by atoms with Crippen molar-refractivity contribution in [2.75, 3.05) is 11.5 Å². The second kappa shape index (κ2) is 6.25. The summed E-state index contributed by atoms with van der Waals surface area (Å²) in [6.45, 7) is 0. The molecule has 0 bridgehead atoms. The highest BCUT2D eigenvalue weighted by molar-refractivity contribution is 9.11. The minimum Gasteiger partial charge on any atom is -0.349 e. The van der Waals surface area contributed by atoms with Crippen molar-refractivity contribution in [3.8, 4) is 0 Å². The van der Waals surface area contributed by atoms with E-state index in [1.807, 2.05) is 30.0 Å². The molecule has 1 amide bonds. The van der Waals surface area contributed by atoms with Gasteiger partial charge in [0.25, 0.3) is 5.91 Å². The number of hydrogen-bond acceptors (Lipinski definition) is 2. The lowest BCUT2D eigenvalue weighted by atomic mass is 10.1. The Hall–Kier alpha value is -0.000000000000000111. The predicted octanol–water partition coefficient (Wildman–Crippen LogP) is 3.84. The van der Waals surface area contributed by atoms with Gasteiger partial charge in [-0.05, 0) is 42.5 Å². The van der Waals surface area contributed by atoms with E-state index in [0.717, 1.165) is 33.3 Å². The van der Waals surface area contributed by atoms with E-state index in [1.165, 1.54) is 0 Å². The smallest absolute Gasteiger partial charge is 0.251 e. The van der Waals surface area contributed by atoms with Crippen molar-refractivity contribution in [2.24, 2.45) is 0 Å². The van der Waals surface area contributed by atoms with Gasteiger partial charge < -0.3 is 5.32 Å². The molecule has 1 N–H and O–H groups in total. The number of thioether (sulfide) groups is 1. The van der Waals surface area contributed by atoms with Crippen molar-refractivity contribution < 1.29 is 4.79 Å². The molecule has 2 nitrogen and oxygen atoms in total. The van der Waals surface area contributed by atoms with Crippen LogP contribution < -0.4 is 5.32 Å². The van der Waals surface area contributed by atoms with Crippen molar-refractivity contribution in [3.63, 3.8) is 0 Å². The Morgan fingerprint density at radius 1 is 1.18 bits per heavy atom. The van der Waals surface area contributed by atoms with Gasteiger partial charge in [0, 0.05) is 20.6 Å². The first-order valence-corrected chi connectivity index (χ1v) is 8.24. The summed E-state index contributed by atoms with van der Waals surface area (Å²) in [5.74, 6) is 2.31. The molecule has 5 heteroatoms. The summed E-state index contributed by atoms with van der Waals surface area (Å²) in [7, 11) is 0. The third-order valence-electron chi connectivity index (χ3n) is 2.68. The maximum absolute atomic E-state index is 12.1. The average molecular weight is 379 g/mol. The molecule has 0 saturated carbocycles. The summed E-state index contributed by atoms with van der Waals surface area (Å²) in [5.41, 5.74) is 0.699. The van der Waals surface area contributed by atoms with Gasteiger partial charge in [0.15, 0.2) is 0 Å². The van der Waals surface area contributed by atoms with Gasteiger partial charge in [-0.2, -0.15) is 11.8 Å². The Labute approximate surface area is 122 Å². The molecule has 17 heavy (non-hydrogen) atoms. The molecule has 1 aromatic rings. The molecule has 2 rings (SSSR count). The lowest BCUT2D eigenvalue weighted by molar-refractivity contribution is 0.0934. The summed E-state index contributed by atoms with van der Waals surface area (Å²) in [6.07, 6.45) is 2.15. The number of carbonyl (C=O) groups excluding carboxylic acids is 1. The molecule has 1 aromatic carbocycles. The molecule has 0 spiro atoms. The van der Waals surface area contributed by atoms with Crippen LogP contribution >= 0.6 is 43.6 Å². The van der Waals surface area contributed by atoms with Gasteiger partial charge in [-0.15, -0.1) is 0 Å². The van der Waals surface area contributed by atoms with Crippen LogP contribution in [0.1, 0.15) is 23.2 Å². The number of amides is 1. The summed E-state index contributed by atoms with van der Waals surface area (Å²) in [4.78, 5) is 12.1. The van der Waals surface area contributed by atoms with Crippen molar-refractivity contribution in [1.82, 2.24) is 5.32 Å². The summed E-state index contributed by atoms with van der Waals surface area (Å²) < 4.78 is 1.83. The van der Waals surface area contributed by atoms with E-state index in [4.69, 9.17) is 0 Å². The standard InChI is InChI=1S/C12H13Br2NOS/c13-9-5-8(6-10(14)7-9)12(16)15-11-1-3-17-4-2-11/h5-7,11H,1-4H2,(H,15,16). The van der Waals surface area contributed by atoms with Gasteiger partial charge >= 0.3 is 0 Å². The molecule has 92 valence electrons. The molecule has 0 aliphatic carbocycles. The van der Waals surface area contributed by atoms with E-state index in [0.29, 0.717) is 11.6 Å². The Morgan fingerprint density at radius 3 is 2.35 bits per heavy atom. The largest absolute Gasteiger partial charge is 0.349 e. The predicted molar refractivity (Wildman–Crippen MR) is 79.7 cm³/mol. The minimum atomic E-state index is 0.0175. The van der Waals surface area contributed by atoms with Crippen LogP contribution in [0.5, 0.6) is 0 Å². The third-order valence-corrected chi connectivity index (χ3v) is 4.65. The summed E-state index contributed by atoms with van der Waals surface area (Å²) >= 11 is 8.75. The molecular formula is C12H13Br2NOS. The zero-order chi connectivity index (χ0) is 12.3. The van der Waals surface area contributed by atoms with E-state index in [1.54, 1.807) is 0 Å². The number of rotatable bonds is 2. The van der Waals surface area contributed by atoms with Gasteiger partial charge in [0.05, 0.1) is 0 Å². The van der Waals surface area contributed by atoms with E-state index in [9.17, 15) is 4.79 Å². The van der Waals surface area contributed by atoms with E-state index >= 15 is 0 Å². The summed E-state index contributed by atoms with van der Waals surface area (Å²) in [6, 6.07) is 5.95. The van der Waals surface area contributed by atoms with Crippen molar-refractivity contribution in [3.05, 3.63) is 32.7 Å². The second-order valence-electron chi connectivity index (χ2n) is 4.02. The molecule has 1 aliphatic heterocycles. The van der Waals surface area contributed by atoms with Crippen LogP contribution in [0.2, 0.25) is 0 Å². The first kappa shape index (κ1) is 13.4. The van der Waals surface area contributed by atoms with Crippen LogP contribution in [0.4, 0.5) is 0 Å². The third kappa shape index (κ3) is 4.00. The fourth-order valence-corrected chi connectivity index (χ4v) is 4.20. The fourth-order valence-electron chi connectivity index (χ4n) is 1.80. The Morgan fingerprint density at radius 2 is 1.76 bits per heavy atom. The normalized spacial score (nSPS) is 16.8. The molecule has 0 radical (unpaired) electrons. The molecule has 1 heterocycles. The van der Waals surface area contributed by atoms with Crippen molar-refractivity contribution >= 4 is 49.5 Å². The molecular weight excluding hydrogens is 366 g/mol. The molecule has 0 atom stereocenters. The topological polar surface area (TPSA) is 29.1 Å². The van der Waals surface area contributed by atoms with E-state index < -0.39 is 0 Å². The Bertz CT molecular complexity index is 399. The second-order valence-corrected chi connectivity index (χ2v) is 7.07. The quantitative estimate of drug-likeness (QED) is 0.847. The SMILES string of the molecule is O=C(NC1CCSCC1)c1cc(Br)cc(Br)c1. The van der Waals surface area contributed by atoms with Crippen molar-refractivity contribution in [2.45, 2.75) is 18.9 Å². The highest BCUT2D eigenvalue weighted by atomic mass is 79.9. The van der Waals surface area contributed by atoms with Crippen molar-refractivity contribution in [1.29, 1.82) is 0 Å². The number of nitrogens with one attached hydrogen (secondary N) is 1. The van der Waals surface area contributed by atoms with Crippen LogP contribution in [0, 0.1) is 0 Å². The number of carbonyl (C=O) groups is 1. The molecule has 1 aliphatic rings. The maximum atomic E-state index is 12.1. The van der Waals surface area contributed by atoms with Crippen LogP contribution in [-0.2, 0) is 0 Å². The van der Waals surface area contributed by atoms with E-state index in [2.05, 4.69) is 37.2 Å². The molecule has 0 unspecified atom stereocenters. The molecule has 0 aromatic heterocycles. The monoisotopic (exact) mass is 377 g/mol. The molecule has 1 fully saturated rings. The minimum absolute atomic E-state index is 0.0175. The first-order valence-electron chi connectivity index (χ1n) is 5.50. The van der Waals surface area contributed by atoms with Gasteiger partial charge in [0.2, 0.25) is 0 Å². The Kier molecular flexibility index (Phi) is 4.94. The lowest BCUT2D eigenvalue weighted by Gasteiger charge is -2.22. The number of halogens is 2. The zero-order valence-electron chi connectivity index (χ0n) is 9.21. The zero-order valence-corrected chi connectivity index (χ0v) is 13.2. The first-order chi connectivity index (χ1) is 8.15. The average Bonchev–Trinajstić information content (AvgIpc) is 2.29. The van der Waals surface area contributed by atoms with Gasteiger partial charge in [-0.3, -0.25) is 4.79 Å².